The molecule has 2 rings (SSSR count). The van der Waals surface area contributed by atoms with Gasteiger partial charge in [0.25, 0.3) is 0 Å². The van der Waals surface area contributed by atoms with E-state index in [2.05, 4.69) is 46.0 Å². The van der Waals surface area contributed by atoms with Gasteiger partial charge >= 0.3 is 0 Å². The Hall–Kier alpha value is -0.240. The number of benzene rings is 1. The fraction of sp³-hybridized carbons (Fsp3) is 0.625. The van der Waals surface area contributed by atoms with Gasteiger partial charge < -0.3 is 5.32 Å². The standard InChI is InChI=1S/C16H23Cl2N/c1-6-19-13(14-15(2,3)16(14,4)5)11-8-7-10(17)9-12(11)18/h7-9,13-14,19H,6H2,1-5H3. The zero-order valence-electron chi connectivity index (χ0n) is 12.3. The molecule has 1 unspecified atom stereocenters. The number of rotatable bonds is 4. The summed E-state index contributed by atoms with van der Waals surface area (Å²) in [6, 6.07) is 6.11. The Balaban J connectivity index is 2.37. The molecule has 1 aromatic rings. The van der Waals surface area contributed by atoms with E-state index in [9.17, 15) is 0 Å². The van der Waals surface area contributed by atoms with Gasteiger partial charge in [0.2, 0.25) is 0 Å². The molecule has 3 heteroatoms. The quantitative estimate of drug-likeness (QED) is 0.793. The second-order valence-corrected chi connectivity index (χ2v) is 7.47. The number of hydrogen-bond donors (Lipinski definition) is 1. The Morgan fingerprint density at radius 1 is 1.16 bits per heavy atom. The van der Waals surface area contributed by atoms with Gasteiger partial charge in [-0.2, -0.15) is 0 Å². The minimum absolute atomic E-state index is 0.291. The van der Waals surface area contributed by atoms with Crippen LogP contribution in [0.2, 0.25) is 10.0 Å². The maximum Gasteiger partial charge on any atom is 0.0468 e. The molecule has 0 aromatic heterocycles. The van der Waals surface area contributed by atoms with Crippen molar-refractivity contribution in [3.05, 3.63) is 33.8 Å². The van der Waals surface area contributed by atoms with Crippen molar-refractivity contribution in [3.8, 4) is 0 Å². The molecule has 1 atom stereocenters. The van der Waals surface area contributed by atoms with Crippen LogP contribution >= 0.6 is 23.2 Å². The van der Waals surface area contributed by atoms with Crippen LogP contribution in [0, 0.1) is 16.7 Å². The highest BCUT2D eigenvalue weighted by atomic mass is 35.5. The normalized spacial score (nSPS) is 22.3. The van der Waals surface area contributed by atoms with E-state index in [1.54, 1.807) is 0 Å². The molecule has 1 aromatic carbocycles. The van der Waals surface area contributed by atoms with Gasteiger partial charge in [-0.1, -0.05) is 63.9 Å². The Bertz CT molecular complexity index is 466. The molecule has 0 heterocycles. The van der Waals surface area contributed by atoms with E-state index >= 15 is 0 Å². The first kappa shape index (κ1) is 15.2. The summed E-state index contributed by atoms with van der Waals surface area (Å²) in [4.78, 5) is 0. The molecular formula is C16H23Cl2N. The summed E-state index contributed by atoms with van der Waals surface area (Å²) in [5, 5.41) is 5.06. The van der Waals surface area contributed by atoms with Crippen LogP contribution in [0.5, 0.6) is 0 Å². The Morgan fingerprint density at radius 3 is 2.16 bits per heavy atom. The summed E-state index contributed by atoms with van der Waals surface area (Å²) < 4.78 is 0. The molecule has 1 N–H and O–H groups in total. The van der Waals surface area contributed by atoms with Gasteiger partial charge in [-0.25, -0.2) is 0 Å². The van der Waals surface area contributed by atoms with Crippen LogP contribution in [-0.2, 0) is 0 Å². The molecule has 1 fully saturated rings. The van der Waals surface area contributed by atoms with E-state index in [4.69, 9.17) is 23.2 Å². The lowest BCUT2D eigenvalue weighted by molar-refractivity contribution is 0.418. The van der Waals surface area contributed by atoms with Gasteiger partial charge in [-0.3, -0.25) is 0 Å². The maximum atomic E-state index is 6.39. The van der Waals surface area contributed by atoms with Crippen LogP contribution in [0.15, 0.2) is 18.2 Å². The van der Waals surface area contributed by atoms with Crippen molar-refractivity contribution in [2.24, 2.45) is 16.7 Å². The zero-order valence-corrected chi connectivity index (χ0v) is 13.9. The van der Waals surface area contributed by atoms with Gasteiger partial charge in [0.1, 0.15) is 0 Å². The smallest absolute Gasteiger partial charge is 0.0468 e. The van der Waals surface area contributed by atoms with E-state index in [0.717, 1.165) is 17.1 Å². The zero-order chi connectivity index (χ0) is 14.4. The summed E-state index contributed by atoms with van der Waals surface area (Å²) in [5.41, 5.74) is 1.81. The third-order valence-electron chi connectivity index (χ3n) is 5.19. The molecule has 1 aliphatic rings. The van der Waals surface area contributed by atoms with Crippen molar-refractivity contribution in [1.82, 2.24) is 5.32 Å². The predicted octanol–water partition coefficient (Wildman–Crippen LogP) is 5.33. The van der Waals surface area contributed by atoms with Crippen molar-refractivity contribution in [2.75, 3.05) is 6.54 Å². The molecule has 1 aliphatic carbocycles. The third kappa shape index (κ3) is 2.41. The van der Waals surface area contributed by atoms with Crippen molar-refractivity contribution < 1.29 is 0 Å². The van der Waals surface area contributed by atoms with Gasteiger partial charge in [-0.15, -0.1) is 0 Å². The molecule has 0 bridgehead atoms. The Morgan fingerprint density at radius 2 is 1.74 bits per heavy atom. The fourth-order valence-corrected chi connectivity index (χ4v) is 3.99. The summed E-state index contributed by atoms with van der Waals surface area (Å²) in [5.74, 6) is 0.582. The lowest BCUT2D eigenvalue weighted by atomic mass is 9.96. The van der Waals surface area contributed by atoms with E-state index in [0.29, 0.717) is 27.8 Å². The highest BCUT2D eigenvalue weighted by Gasteiger charge is 2.67. The Kier molecular flexibility index (Phi) is 3.94. The van der Waals surface area contributed by atoms with Crippen LogP contribution in [0.25, 0.3) is 0 Å². The molecule has 0 saturated heterocycles. The first-order chi connectivity index (χ1) is 8.73. The molecule has 106 valence electrons. The van der Waals surface area contributed by atoms with Gasteiger partial charge in [0, 0.05) is 16.1 Å². The largest absolute Gasteiger partial charge is 0.310 e. The molecular weight excluding hydrogens is 277 g/mol. The van der Waals surface area contributed by atoms with E-state index < -0.39 is 0 Å². The molecule has 1 nitrogen and oxygen atoms in total. The minimum atomic E-state index is 0.291. The molecule has 0 spiro atoms. The average molecular weight is 300 g/mol. The third-order valence-corrected chi connectivity index (χ3v) is 5.75. The molecule has 1 saturated carbocycles. The van der Waals surface area contributed by atoms with Crippen LogP contribution in [-0.4, -0.2) is 6.54 Å². The number of nitrogens with one attached hydrogen (secondary N) is 1. The summed E-state index contributed by atoms with van der Waals surface area (Å²) in [6.07, 6.45) is 0. The van der Waals surface area contributed by atoms with Crippen molar-refractivity contribution in [2.45, 2.75) is 40.7 Å². The first-order valence-corrected chi connectivity index (χ1v) is 7.67. The second-order valence-electron chi connectivity index (χ2n) is 6.62. The Labute approximate surface area is 126 Å². The highest BCUT2D eigenvalue weighted by molar-refractivity contribution is 6.35. The number of halogens is 2. The summed E-state index contributed by atoms with van der Waals surface area (Å²) in [6.45, 7) is 12.4. The molecule has 0 radical (unpaired) electrons. The number of hydrogen-bond acceptors (Lipinski definition) is 1. The van der Waals surface area contributed by atoms with Crippen LogP contribution in [0.1, 0.15) is 46.2 Å². The lowest BCUT2D eigenvalue weighted by Gasteiger charge is -2.22. The van der Waals surface area contributed by atoms with Crippen LogP contribution < -0.4 is 5.32 Å². The molecule has 19 heavy (non-hydrogen) atoms. The monoisotopic (exact) mass is 299 g/mol. The SMILES string of the molecule is CCNC(c1ccc(Cl)cc1Cl)C1C(C)(C)C1(C)C. The van der Waals surface area contributed by atoms with Gasteiger partial charge in [0.15, 0.2) is 0 Å². The summed E-state index contributed by atoms with van der Waals surface area (Å²) >= 11 is 12.4. The van der Waals surface area contributed by atoms with Crippen LogP contribution in [0.4, 0.5) is 0 Å². The van der Waals surface area contributed by atoms with Gasteiger partial charge in [0.05, 0.1) is 0 Å². The second kappa shape index (κ2) is 4.95. The first-order valence-electron chi connectivity index (χ1n) is 6.91. The average Bonchev–Trinajstić information content (AvgIpc) is 2.67. The maximum absolute atomic E-state index is 6.39. The van der Waals surface area contributed by atoms with Gasteiger partial charge in [-0.05, 0) is 41.0 Å². The van der Waals surface area contributed by atoms with E-state index in [1.807, 2.05) is 12.1 Å². The molecule has 0 amide bonds. The summed E-state index contributed by atoms with van der Waals surface area (Å²) in [7, 11) is 0. The predicted molar refractivity (Wildman–Crippen MR) is 83.9 cm³/mol. The van der Waals surface area contributed by atoms with Crippen LogP contribution in [0.3, 0.4) is 0 Å². The van der Waals surface area contributed by atoms with Crippen molar-refractivity contribution >= 4 is 23.2 Å². The van der Waals surface area contributed by atoms with E-state index in [1.165, 1.54) is 0 Å². The minimum Gasteiger partial charge on any atom is -0.310 e. The molecule has 0 aliphatic heterocycles. The van der Waals surface area contributed by atoms with E-state index in [-0.39, 0.29) is 0 Å². The van der Waals surface area contributed by atoms with Crippen molar-refractivity contribution in [3.63, 3.8) is 0 Å². The lowest BCUT2D eigenvalue weighted by Crippen LogP contribution is -2.25. The fourth-order valence-electron chi connectivity index (χ4n) is 3.46. The highest BCUT2D eigenvalue weighted by Crippen LogP contribution is 2.72. The topological polar surface area (TPSA) is 12.0 Å². The van der Waals surface area contributed by atoms with Crippen molar-refractivity contribution in [1.29, 1.82) is 0 Å².